The Morgan fingerprint density at radius 3 is 2.76 bits per heavy atom. The molecule has 106 valence electrons. The normalized spacial score (nSPS) is 10.6. The average molecular weight is 336 g/mol. The van der Waals surface area contributed by atoms with Crippen molar-refractivity contribution >= 4 is 51.0 Å². The van der Waals surface area contributed by atoms with Crippen LogP contribution in [-0.4, -0.2) is 4.98 Å². The second-order valence-electron chi connectivity index (χ2n) is 4.41. The van der Waals surface area contributed by atoms with Crippen LogP contribution in [0.15, 0.2) is 47.8 Å². The van der Waals surface area contributed by atoms with Crippen LogP contribution in [0.5, 0.6) is 0 Å². The highest BCUT2D eigenvalue weighted by atomic mass is 35.5. The van der Waals surface area contributed by atoms with E-state index in [2.05, 4.69) is 10.3 Å². The molecule has 0 saturated heterocycles. The van der Waals surface area contributed by atoms with Crippen LogP contribution in [0.1, 0.15) is 0 Å². The first-order chi connectivity index (χ1) is 10.1. The van der Waals surface area contributed by atoms with Crippen LogP contribution >= 0.6 is 34.5 Å². The number of nitrogens with one attached hydrogen (secondary N) is 1. The molecule has 0 aliphatic rings. The van der Waals surface area contributed by atoms with Gasteiger partial charge in [-0.1, -0.05) is 35.3 Å². The predicted octanol–water partition coefficient (Wildman–Crippen LogP) is 5.44. The molecular weight excluding hydrogens is 325 g/mol. The minimum absolute atomic E-state index is 0.597. The maximum absolute atomic E-state index is 6.13. The Hall–Kier alpha value is -1.75. The van der Waals surface area contributed by atoms with Crippen LogP contribution in [-0.2, 0) is 0 Å². The molecule has 2 aromatic carbocycles. The summed E-state index contributed by atoms with van der Waals surface area (Å²) in [5.74, 6) is 0. The second-order valence-corrected chi connectivity index (χ2v) is 6.11. The first-order valence-electron chi connectivity index (χ1n) is 6.15. The van der Waals surface area contributed by atoms with Gasteiger partial charge in [-0.05, 0) is 30.3 Å². The van der Waals surface area contributed by atoms with Gasteiger partial charge in [-0.2, -0.15) is 0 Å². The monoisotopic (exact) mass is 335 g/mol. The zero-order chi connectivity index (χ0) is 14.8. The second kappa shape index (κ2) is 5.93. The molecule has 0 amide bonds. The predicted molar refractivity (Wildman–Crippen MR) is 91.7 cm³/mol. The van der Waals surface area contributed by atoms with E-state index < -0.39 is 0 Å². The Kier molecular flexibility index (Phi) is 4.01. The maximum Gasteiger partial charge on any atom is 0.187 e. The molecule has 0 unspecified atom stereocenters. The molecule has 21 heavy (non-hydrogen) atoms. The third-order valence-corrected chi connectivity index (χ3v) is 4.18. The molecule has 0 aliphatic heterocycles. The lowest BCUT2D eigenvalue weighted by atomic mass is 10.1. The van der Waals surface area contributed by atoms with E-state index in [4.69, 9.17) is 28.9 Å². The van der Waals surface area contributed by atoms with Crippen molar-refractivity contribution < 1.29 is 0 Å². The van der Waals surface area contributed by atoms with Crippen molar-refractivity contribution in [1.29, 1.82) is 0 Å². The number of halogens is 2. The zero-order valence-corrected chi connectivity index (χ0v) is 13.1. The zero-order valence-electron chi connectivity index (χ0n) is 10.8. The molecule has 6 heteroatoms. The van der Waals surface area contributed by atoms with Crippen molar-refractivity contribution in [1.82, 2.24) is 4.98 Å². The molecule has 0 saturated carbocycles. The quantitative estimate of drug-likeness (QED) is 0.626. The molecule has 3 nitrogen and oxygen atoms in total. The smallest absolute Gasteiger partial charge is 0.187 e. The van der Waals surface area contributed by atoms with Crippen LogP contribution in [0.25, 0.3) is 11.3 Å². The van der Waals surface area contributed by atoms with Crippen molar-refractivity contribution in [3.05, 3.63) is 57.9 Å². The topological polar surface area (TPSA) is 50.9 Å². The summed E-state index contributed by atoms with van der Waals surface area (Å²) < 4.78 is 0. The standard InChI is InChI=1S/C15H11Cl2N3S/c16-10-4-5-12(17)13(7-10)19-15-20-14(8-21-15)9-2-1-3-11(18)6-9/h1-8H,18H2,(H,19,20). The van der Waals surface area contributed by atoms with E-state index in [0.29, 0.717) is 15.7 Å². The summed E-state index contributed by atoms with van der Waals surface area (Å²) in [5, 5.41) is 7.11. The first kappa shape index (κ1) is 14.2. The highest BCUT2D eigenvalue weighted by Crippen LogP contribution is 2.32. The van der Waals surface area contributed by atoms with Crippen LogP contribution in [0, 0.1) is 0 Å². The molecule has 3 aromatic rings. The average Bonchev–Trinajstić information content (AvgIpc) is 2.91. The summed E-state index contributed by atoms with van der Waals surface area (Å²) in [5.41, 5.74) is 9.09. The van der Waals surface area contributed by atoms with E-state index in [9.17, 15) is 0 Å². The Bertz CT molecular complexity index is 786. The van der Waals surface area contributed by atoms with Gasteiger partial charge in [0.25, 0.3) is 0 Å². The lowest BCUT2D eigenvalue weighted by molar-refractivity contribution is 1.38. The Morgan fingerprint density at radius 2 is 1.95 bits per heavy atom. The number of nitrogens with two attached hydrogens (primary N) is 1. The number of aromatic nitrogens is 1. The minimum Gasteiger partial charge on any atom is -0.399 e. The summed E-state index contributed by atoms with van der Waals surface area (Å²) in [7, 11) is 0. The van der Waals surface area contributed by atoms with Gasteiger partial charge in [-0.3, -0.25) is 0 Å². The van der Waals surface area contributed by atoms with Gasteiger partial charge in [0, 0.05) is 21.7 Å². The molecule has 3 N–H and O–H groups in total. The molecule has 0 atom stereocenters. The molecule has 0 spiro atoms. The largest absolute Gasteiger partial charge is 0.399 e. The number of rotatable bonds is 3. The van der Waals surface area contributed by atoms with Gasteiger partial charge < -0.3 is 11.1 Å². The number of anilines is 3. The SMILES string of the molecule is Nc1cccc(-c2csc(Nc3cc(Cl)ccc3Cl)n2)c1. The number of nitrogens with zero attached hydrogens (tertiary/aromatic N) is 1. The lowest BCUT2D eigenvalue weighted by Crippen LogP contribution is -1.91. The summed E-state index contributed by atoms with van der Waals surface area (Å²) in [6.07, 6.45) is 0. The molecule has 1 heterocycles. The number of thiazole rings is 1. The van der Waals surface area contributed by atoms with Crippen LogP contribution < -0.4 is 11.1 Å². The molecule has 3 rings (SSSR count). The Labute approximate surface area is 136 Å². The van der Waals surface area contributed by atoms with E-state index in [-0.39, 0.29) is 0 Å². The van der Waals surface area contributed by atoms with Crippen molar-refractivity contribution in [2.75, 3.05) is 11.1 Å². The summed E-state index contributed by atoms with van der Waals surface area (Å²) in [6, 6.07) is 12.9. The van der Waals surface area contributed by atoms with Gasteiger partial charge in [0.15, 0.2) is 5.13 Å². The van der Waals surface area contributed by atoms with Gasteiger partial charge in [0.05, 0.1) is 16.4 Å². The number of benzene rings is 2. The summed E-state index contributed by atoms with van der Waals surface area (Å²) in [4.78, 5) is 4.54. The van der Waals surface area contributed by atoms with E-state index in [1.54, 1.807) is 18.2 Å². The summed E-state index contributed by atoms with van der Waals surface area (Å²) in [6.45, 7) is 0. The fraction of sp³-hybridized carbons (Fsp3) is 0. The first-order valence-corrected chi connectivity index (χ1v) is 7.79. The van der Waals surface area contributed by atoms with Crippen LogP contribution in [0.3, 0.4) is 0 Å². The molecule has 1 aromatic heterocycles. The third-order valence-electron chi connectivity index (χ3n) is 2.86. The molecule has 0 aliphatic carbocycles. The summed E-state index contributed by atoms with van der Waals surface area (Å²) >= 11 is 13.6. The molecular formula is C15H11Cl2N3S. The highest BCUT2D eigenvalue weighted by Gasteiger charge is 2.07. The van der Waals surface area contributed by atoms with Crippen LogP contribution in [0.4, 0.5) is 16.5 Å². The van der Waals surface area contributed by atoms with E-state index in [1.165, 1.54) is 11.3 Å². The van der Waals surface area contributed by atoms with Gasteiger partial charge in [-0.15, -0.1) is 11.3 Å². The van der Waals surface area contributed by atoms with Gasteiger partial charge in [0.2, 0.25) is 0 Å². The van der Waals surface area contributed by atoms with Gasteiger partial charge >= 0.3 is 0 Å². The minimum atomic E-state index is 0.597. The third kappa shape index (κ3) is 3.29. The fourth-order valence-corrected chi connectivity index (χ4v) is 2.94. The van der Waals surface area contributed by atoms with E-state index in [0.717, 1.165) is 22.1 Å². The maximum atomic E-state index is 6.13. The van der Waals surface area contributed by atoms with Crippen LogP contribution in [0.2, 0.25) is 10.0 Å². The fourth-order valence-electron chi connectivity index (χ4n) is 1.87. The van der Waals surface area contributed by atoms with Gasteiger partial charge in [-0.25, -0.2) is 4.98 Å². The van der Waals surface area contributed by atoms with Crippen molar-refractivity contribution in [3.63, 3.8) is 0 Å². The lowest BCUT2D eigenvalue weighted by Gasteiger charge is -2.05. The van der Waals surface area contributed by atoms with Crippen molar-refractivity contribution in [2.45, 2.75) is 0 Å². The number of hydrogen-bond donors (Lipinski definition) is 2. The van der Waals surface area contributed by atoms with E-state index in [1.807, 2.05) is 29.6 Å². The van der Waals surface area contributed by atoms with Crippen molar-refractivity contribution in [3.8, 4) is 11.3 Å². The number of hydrogen-bond acceptors (Lipinski definition) is 4. The Balaban J connectivity index is 1.87. The highest BCUT2D eigenvalue weighted by molar-refractivity contribution is 7.14. The number of nitrogen functional groups attached to an aromatic ring is 1. The van der Waals surface area contributed by atoms with E-state index >= 15 is 0 Å². The van der Waals surface area contributed by atoms with Crippen molar-refractivity contribution in [2.24, 2.45) is 0 Å². The molecule has 0 fully saturated rings. The molecule has 0 bridgehead atoms. The Morgan fingerprint density at radius 1 is 1.10 bits per heavy atom. The van der Waals surface area contributed by atoms with Gasteiger partial charge in [0.1, 0.15) is 0 Å². The molecule has 0 radical (unpaired) electrons.